The van der Waals surface area contributed by atoms with E-state index in [-0.39, 0.29) is 5.43 Å². The lowest BCUT2D eigenvalue weighted by atomic mass is 9.80. The van der Waals surface area contributed by atoms with Crippen molar-refractivity contribution >= 4 is 43.4 Å². The monoisotopic (exact) mass is 435 g/mol. The van der Waals surface area contributed by atoms with Crippen molar-refractivity contribution in [3.05, 3.63) is 80.8 Å². The van der Waals surface area contributed by atoms with E-state index in [2.05, 4.69) is 5.32 Å². The molecule has 6 nitrogen and oxygen atoms in total. The minimum absolute atomic E-state index is 0.0826. The van der Waals surface area contributed by atoms with Gasteiger partial charge in [-0.1, -0.05) is 24.3 Å². The third-order valence-electron chi connectivity index (χ3n) is 5.52. The summed E-state index contributed by atoms with van der Waals surface area (Å²) < 4.78 is 11.6. The highest BCUT2D eigenvalue weighted by atomic mass is 32.1. The van der Waals surface area contributed by atoms with Crippen LogP contribution in [0.1, 0.15) is 25.3 Å². The third-order valence-corrected chi connectivity index (χ3v) is 6.75. The molecule has 4 rings (SSSR count). The Balaban J connectivity index is 2.11. The number of benzene rings is 2. The average molecular weight is 436 g/mol. The number of carbonyl (C=O) groups excluding carboxylic acids is 2. The van der Waals surface area contributed by atoms with Gasteiger partial charge in [0.05, 0.1) is 31.3 Å². The first kappa shape index (κ1) is 20.8. The summed E-state index contributed by atoms with van der Waals surface area (Å²) in [6.07, 6.45) is 0. The zero-order chi connectivity index (χ0) is 22.3. The van der Waals surface area contributed by atoms with E-state index in [1.54, 1.807) is 32.0 Å². The predicted octanol–water partition coefficient (Wildman–Crippen LogP) is 4.00. The van der Waals surface area contributed by atoms with Gasteiger partial charge in [0.15, 0.2) is 5.43 Å². The van der Waals surface area contributed by atoms with Crippen LogP contribution in [0, 0.1) is 0 Å². The average Bonchev–Trinajstić information content (AvgIpc) is 2.77. The quantitative estimate of drug-likeness (QED) is 0.495. The largest absolute Gasteiger partial charge is 0.466 e. The number of hydrogen-bond donors (Lipinski definition) is 1. The molecule has 2 aromatic carbocycles. The summed E-state index contributed by atoms with van der Waals surface area (Å²) in [5.41, 5.74) is 2.41. The molecule has 0 fully saturated rings. The molecular formula is C24H21NO5S. The van der Waals surface area contributed by atoms with Crippen molar-refractivity contribution in [3.8, 4) is 0 Å². The van der Waals surface area contributed by atoms with E-state index in [4.69, 9.17) is 9.47 Å². The van der Waals surface area contributed by atoms with E-state index in [0.29, 0.717) is 38.9 Å². The van der Waals surface area contributed by atoms with Crippen LogP contribution in [0.4, 0.5) is 0 Å². The molecule has 1 aliphatic heterocycles. The number of rotatable bonds is 3. The predicted molar refractivity (Wildman–Crippen MR) is 121 cm³/mol. The van der Waals surface area contributed by atoms with Crippen LogP contribution in [0.15, 0.2) is 69.8 Å². The Bertz CT molecular complexity index is 1330. The molecule has 0 saturated carbocycles. The molecule has 0 radical (unpaired) electrons. The van der Waals surface area contributed by atoms with E-state index in [0.717, 1.165) is 9.40 Å². The van der Waals surface area contributed by atoms with Crippen molar-refractivity contribution in [2.75, 3.05) is 14.2 Å². The number of methoxy groups -OCH3 is 2. The number of fused-ring (bicyclic) bond motifs is 2. The maximum atomic E-state index is 13.2. The van der Waals surface area contributed by atoms with Crippen LogP contribution in [0.5, 0.6) is 0 Å². The zero-order valence-corrected chi connectivity index (χ0v) is 18.4. The van der Waals surface area contributed by atoms with Crippen LogP contribution in [-0.4, -0.2) is 26.2 Å². The van der Waals surface area contributed by atoms with Crippen LogP contribution in [-0.2, 0) is 19.1 Å². The first-order valence-corrected chi connectivity index (χ1v) is 10.5. The number of dihydropyridines is 1. The van der Waals surface area contributed by atoms with Crippen LogP contribution >= 0.6 is 11.3 Å². The second-order valence-corrected chi connectivity index (χ2v) is 8.32. The summed E-state index contributed by atoms with van der Waals surface area (Å²) in [5.74, 6) is -1.83. The molecule has 3 aromatic rings. The van der Waals surface area contributed by atoms with Crippen molar-refractivity contribution < 1.29 is 19.1 Å². The van der Waals surface area contributed by atoms with Gasteiger partial charge >= 0.3 is 11.9 Å². The number of hydrogen-bond acceptors (Lipinski definition) is 7. The Kier molecular flexibility index (Phi) is 5.37. The molecule has 31 heavy (non-hydrogen) atoms. The Morgan fingerprint density at radius 1 is 0.871 bits per heavy atom. The topological polar surface area (TPSA) is 81.7 Å². The van der Waals surface area contributed by atoms with Gasteiger partial charge < -0.3 is 14.8 Å². The Morgan fingerprint density at radius 2 is 1.45 bits per heavy atom. The van der Waals surface area contributed by atoms with Crippen molar-refractivity contribution in [2.45, 2.75) is 19.8 Å². The lowest BCUT2D eigenvalue weighted by Gasteiger charge is -2.30. The smallest absolute Gasteiger partial charge is 0.336 e. The Labute approximate surface area is 182 Å². The highest BCUT2D eigenvalue weighted by molar-refractivity contribution is 7.24. The third kappa shape index (κ3) is 3.31. The molecule has 1 aliphatic rings. The van der Waals surface area contributed by atoms with Gasteiger partial charge in [-0.2, -0.15) is 0 Å². The molecule has 0 aliphatic carbocycles. The molecule has 7 heteroatoms. The molecule has 0 unspecified atom stereocenters. The van der Waals surface area contributed by atoms with Gasteiger partial charge in [-0.3, -0.25) is 4.79 Å². The minimum atomic E-state index is -0.735. The summed E-state index contributed by atoms with van der Waals surface area (Å²) in [5, 5.41) is 4.28. The number of nitrogens with one attached hydrogen (secondary N) is 1. The van der Waals surface area contributed by atoms with E-state index in [9.17, 15) is 14.4 Å². The first-order chi connectivity index (χ1) is 14.9. The molecule has 1 N–H and O–H groups in total. The van der Waals surface area contributed by atoms with E-state index in [1.165, 1.54) is 25.6 Å². The van der Waals surface area contributed by atoms with Gasteiger partial charge in [0.25, 0.3) is 0 Å². The van der Waals surface area contributed by atoms with Gasteiger partial charge in [0, 0.05) is 31.6 Å². The van der Waals surface area contributed by atoms with Crippen molar-refractivity contribution in [2.24, 2.45) is 0 Å². The second-order valence-electron chi connectivity index (χ2n) is 7.27. The van der Waals surface area contributed by atoms with Gasteiger partial charge in [-0.15, -0.1) is 11.3 Å². The van der Waals surface area contributed by atoms with Gasteiger partial charge in [-0.05, 0) is 37.6 Å². The van der Waals surface area contributed by atoms with Gasteiger partial charge in [-0.25, -0.2) is 9.59 Å². The summed E-state index contributed by atoms with van der Waals surface area (Å²) in [6, 6.07) is 12.8. The molecule has 0 saturated heterocycles. The molecule has 0 amide bonds. The number of carbonyl (C=O) groups is 2. The number of ether oxygens (including phenoxy) is 2. The van der Waals surface area contributed by atoms with Crippen molar-refractivity contribution in [1.29, 1.82) is 0 Å². The van der Waals surface area contributed by atoms with Crippen LogP contribution in [0.3, 0.4) is 0 Å². The van der Waals surface area contributed by atoms with Crippen molar-refractivity contribution in [3.63, 3.8) is 0 Å². The van der Waals surface area contributed by atoms with Crippen LogP contribution in [0.25, 0.3) is 20.2 Å². The maximum Gasteiger partial charge on any atom is 0.336 e. The maximum absolute atomic E-state index is 13.2. The van der Waals surface area contributed by atoms with Crippen LogP contribution < -0.4 is 10.7 Å². The molecule has 0 bridgehead atoms. The van der Waals surface area contributed by atoms with E-state index in [1.807, 2.05) is 24.3 Å². The number of allylic oxidation sites excluding steroid dienone is 2. The molecule has 2 heterocycles. The first-order valence-electron chi connectivity index (χ1n) is 9.68. The highest BCUT2D eigenvalue weighted by Gasteiger charge is 2.38. The normalized spacial score (nSPS) is 14.7. The summed E-state index contributed by atoms with van der Waals surface area (Å²) in [7, 11) is 2.61. The molecule has 1 aromatic heterocycles. The van der Waals surface area contributed by atoms with Crippen LogP contribution in [0.2, 0.25) is 0 Å². The second kappa shape index (κ2) is 8.00. The lowest BCUT2D eigenvalue weighted by Crippen LogP contribution is -2.32. The molecular weight excluding hydrogens is 414 g/mol. The fraction of sp³-hybridized carbons (Fsp3) is 0.208. The zero-order valence-electron chi connectivity index (χ0n) is 17.6. The summed E-state index contributed by atoms with van der Waals surface area (Å²) in [4.78, 5) is 38.8. The molecule has 0 spiro atoms. The van der Waals surface area contributed by atoms with Gasteiger partial charge in [0.1, 0.15) is 0 Å². The molecule has 0 atom stereocenters. The van der Waals surface area contributed by atoms with E-state index >= 15 is 0 Å². The van der Waals surface area contributed by atoms with Gasteiger partial charge in [0.2, 0.25) is 0 Å². The fourth-order valence-corrected chi connectivity index (χ4v) is 5.35. The minimum Gasteiger partial charge on any atom is -0.466 e. The Morgan fingerprint density at radius 3 is 2.06 bits per heavy atom. The van der Waals surface area contributed by atoms with E-state index < -0.39 is 17.9 Å². The summed E-state index contributed by atoms with van der Waals surface area (Å²) >= 11 is 1.46. The lowest BCUT2D eigenvalue weighted by molar-refractivity contribution is -0.137. The standard InChI is InChI=1S/C24H21NO5S/c1-12-18(23(27)29-3)20(19(13(2)25-12)24(28)30-4)15-9-7-10-16-21(26)14-8-5-6-11-17(14)31-22(15)16/h5-11,20,25H,1-4H3. The fourth-order valence-electron chi connectivity index (χ4n) is 4.14. The SMILES string of the molecule is COC(=O)C1=C(C)NC(C)=C(C(=O)OC)C1c1cccc2c(=O)c3ccccc3sc12. The summed E-state index contributed by atoms with van der Waals surface area (Å²) in [6.45, 7) is 3.53. The van der Waals surface area contributed by atoms with Crippen molar-refractivity contribution in [1.82, 2.24) is 5.32 Å². The highest BCUT2D eigenvalue weighted by Crippen LogP contribution is 2.43. The Hall–Kier alpha value is -3.45. The number of esters is 2. The molecule has 158 valence electrons.